The molecule has 9 nitrogen and oxygen atoms in total. The highest BCUT2D eigenvalue weighted by atomic mass is 32.1. The minimum atomic E-state index is -0.252. The molecule has 2 N–H and O–H groups in total. The van der Waals surface area contributed by atoms with Crippen molar-refractivity contribution in [2.75, 3.05) is 25.6 Å². The molecule has 0 fully saturated rings. The molecule has 3 rings (SSSR count). The molecule has 2 amide bonds. The van der Waals surface area contributed by atoms with Crippen LogP contribution >= 0.6 is 11.3 Å². The first-order valence-electron chi connectivity index (χ1n) is 10.7. The molecule has 2 aromatic heterocycles. The standard InChI is InChI=1S/C23H27N5O4S/c1-32-14-11-24-22(31)23-27-26-20(33-23)9-5-6-12-28-13-10-18(16-21(28)30)25-19(29)15-17-7-3-2-4-8-17/h2-4,7-8,10,13,16H,5-6,9,11-12,14-15H2,1H3,(H,24,31)(H,25,29). The monoisotopic (exact) mass is 469 g/mol. The molecule has 0 atom stereocenters. The first-order chi connectivity index (χ1) is 16.0. The number of aromatic nitrogens is 3. The lowest BCUT2D eigenvalue weighted by Gasteiger charge is -2.08. The van der Waals surface area contributed by atoms with Gasteiger partial charge < -0.3 is 19.9 Å². The van der Waals surface area contributed by atoms with Gasteiger partial charge >= 0.3 is 0 Å². The minimum Gasteiger partial charge on any atom is -0.383 e. The van der Waals surface area contributed by atoms with Crippen LogP contribution in [0.25, 0.3) is 0 Å². The van der Waals surface area contributed by atoms with Gasteiger partial charge in [-0.1, -0.05) is 41.7 Å². The Morgan fingerprint density at radius 1 is 1.12 bits per heavy atom. The van der Waals surface area contributed by atoms with Gasteiger partial charge in [-0.05, 0) is 24.5 Å². The van der Waals surface area contributed by atoms with Crippen molar-refractivity contribution in [2.24, 2.45) is 0 Å². The lowest BCUT2D eigenvalue weighted by molar-refractivity contribution is -0.115. The Morgan fingerprint density at radius 2 is 1.94 bits per heavy atom. The average Bonchev–Trinajstić information content (AvgIpc) is 3.28. The molecule has 174 valence electrons. The number of carbonyl (C=O) groups excluding carboxylic acids is 2. The number of hydrogen-bond acceptors (Lipinski definition) is 7. The summed E-state index contributed by atoms with van der Waals surface area (Å²) in [4.78, 5) is 36.5. The average molecular weight is 470 g/mol. The van der Waals surface area contributed by atoms with E-state index in [2.05, 4.69) is 20.8 Å². The molecular formula is C23H27N5O4S. The largest absolute Gasteiger partial charge is 0.383 e. The van der Waals surface area contributed by atoms with Crippen LogP contribution in [-0.2, 0) is 28.9 Å². The Bertz CT molecular complexity index is 1110. The Kier molecular flexibility index (Phi) is 9.28. The van der Waals surface area contributed by atoms with Crippen molar-refractivity contribution in [1.29, 1.82) is 0 Å². The first kappa shape index (κ1) is 24.3. The third-order valence-electron chi connectivity index (χ3n) is 4.78. The van der Waals surface area contributed by atoms with Crippen LogP contribution in [0, 0.1) is 0 Å². The van der Waals surface area contributed by atoms with Crippen LogP contribution in [0.1, 0.15) is 33.2 Å². The van der Waals surface area contributed by atoms with E-state index >= 15 is 0 Å². The zero-order chi connectivity index (χ0) is 23.5. The molecule has 0 aliphatic carbocycles. The molecule has 0 aliphatic rings. The topological polar surface area (TPSA) is 115 Å². The van der Waals surface area contributed by atoms with Gasteiger partial charge in [0.15, 0.2) is 0 Å². The molecule has 0 bridgehead atoms. The highest BCUT2D eigenvalue weighted by molar-refractivity contribution is 7.13. The third kappa shape index (κ3) is 7.92. The number of anilines is 1. The van der Waals surface area contributed by atoms with Crippen molar-refractivity contribution in [3.8, 4) is 0 Å². The van der Waals surface area contributed by atoms with E-state index in [-0.39, 0.29) is 23.8 Å². The molecule has 0 spiro atoms. The van der Waals surface area contributed by atoms with Gasteiger partial charge in [0.1, 0.15) is 5.01 Å². The highest BCUT2D eigenvalue weighted by Gasteiger charge is 2.12. The van der Waals surface area contributed by atoms with E-state index < -0.39 is 0 Å². The Labute approximate surface area is 195 Å². The summed E-state index contributed by atoms with van der Waals surface area (Å²) in [7, 11) is 1.57. The number of hydrogen-bond donors (Lipinski definition) is 2. The summed E-state index contributed by atoms with van der Waals surface area (Å²) in [6.45, 7) is 1.42. The number of ether oxygens (including phenoxy) is 1. The van der Waals surface area contributed by atoms with E-state index in [9.17, 15) is 14.4 Å². The van der Waals surface area contributed by atoms with Gasteiger partial charge in [0.05, 0.1) is 13.0 Å². The van der Waals surface area contributed by atoms with E-state index in [4.69, 9.17) is 4.74 Å². The second-order valence-corrected chi connectivity index (χ2v) is 8.43. The molecular weight excluding hydrogens is 442 g/mol. The fourth-order valence-electron chi connectivity index (χ4n) is 3.10. The third-order valence-corrected chi connectivity index (χ3v) is 5.76. The molecule has 0 aliphatic heterocycles. The summed E-state index contributed by atoms with van der Waals surface area (Å²) in [6.07, 6.45) is 4.21. The highest BCUT2D eigenvalue weighted by Crippen LogP contribution is 2.13. The Hall–Kier alpha value is -3.37. The van der Waals surface area contributed by atoms with E-state index in [0.717, 1.165) is 23.4 Å². The van der Waals surface area contributed by atoms with Crippen molar-refractivity contribution in [1.82, 2.24) is 20.1 Å². The number of benzene rings is 1. The van der Waals surface area contributed by atoms with Gasteiger partial charge in [-0.2, -0.15) is 0 Å². The maximum Gasteiger partial charge on any atom is 0.282 e. The molecule has 0 saturated carbocycles. The lowest BCUT2D eigenvalue weighted by Crippen LogP contribution is -2.26. The van der Waals surface area contributed by atoms with Crippen molar-refractivity contribution < 1.29 is 14.3 Å². The molecule has 33 heavy (non-hydrogen) atoms. The molecule has 10 heteroatoms. The van der Waals surface area contributed by atoms with E-state index in [0.29, 0.717) is 36.8 Å². The molecule has 0 radical (unpaired) electrons. The lowest BCUT2D eigenvalue weighted by atomic mass is 10.1. The maximum absolute atomic E-state index is 12.4. The van der Waals surface area contributed by atoms with Crippen LogP contribution in [0.15, 0.2) is 53.5 Å². The van der Waals surface area contributed by atoms with Crippen LogP contribution < -0.4 is 16.2 Å². The number of pyridine rings is 1. The van der Waals surface area contributed by atoms with E-state index in [1.807, 2.05) is 30.3 Å². The zero-order valence-corrected chi connectivity index (χ0v) is 19.3. The number of nitrogens with zero attached hydrogens (tertiary/aromatic N) is 3. The summed E-state index contributed by atoms with van der Waals surface area (Å²) in [5.74, 6) is -0.416. The van der Waals surface area contributed by atoms with Gasteiger partial charge in [0, 0.05) is 44.6 Å². The number of carbonyl (C=O) groups is 2. The van der Waals surface area contributed by atoms with Gasteiger partial charge in [0.2, 0.25) is 10.9 Å². The number of amides is 2. The van der Waals surface area contributed by atoms with Crippen LogP contribution in [-0.4, -0.2) is 46.8 Å². The second kappa shape index (κ2) is 12.6. The molecule has 0 unspecified atom stereocenters. The van der Waals surface area contributed by atoms with E-state index in [1.54, 1.807) is 23.9 Å². The van der Waals surface area contributed by atoms with Gasteiger partial charge in [0.25, 0.3) is 11.5 Å². The van der Waals surface area contributed by atoms with Crippen molar-refractivity contribution in [3.05, 3.63) is 74.6 Å². The van der Waals surface area contributed by atoms with E-state index in [1.165, 1.54) is 17.4 Å². The molecule has 2 heterocycles. The molecule has 0 saturated heterocycles. The van der Waals surface area contributed by atoms with Crippen LogP contribution in [0.2, 0.25) is 0 Å². The van der Waals surface area contributed by atoms with Gasteiger partial charge in [-0.25, -0.2) is 0 Å². The van der Waals surface area contributed by atoms with Gasteiger partial charge in [-0.3, -0.25) is 14.4 Å². The van der Waals surface area contributed by atoms with Crippen LogP contribution in [0.3, 0.4) is 0 Å². The Morgan fingerprint density at radius 3 is 2.70 bits per heavy atom. The predicted octanol–water partition coefficient (Wildman–Crippen LogP) is 2.28. The van der Waals surface area contributed by atoms with Crippen LogP contribution in [0.4, 0.5) is 5.69 Å². The van der Waals surface area contributed by atoms with Crippen molar-refractivity contribution >= 4 is 28.8 Å². The number of rotatable bonds is 12. The normalized spacial score (nSPS) is 10.7. The summed E-state index contributed by atoms with van der Waals surface area (Å²) >= 11 is 1.27. The SMILES string of the molecule is COCCNC(=O)c1nnc(CCCCn2ccc(NC(=O)Cc3ccccc3)cc2=O)s1. The zero-order valence-electron chi connectivity index (χ0n) is 18.5. The fraction of sp³-hybridized carbons (Fsp3) is 0.348. The Balaban J connectivity index is 1.41. The smallest absolute Gasteiger partial charge is 0.282 e. The van der Waals surface area contributed by atoms with Crippen molar-refractivity contribution in [2.45, 2.75) is 32.2 Å². The second-order valence-electron chi connectivity index (χ2n) is 7.36. The number of aryl methyl sites for hydroxylation is 2. The summed E-state index contributed by atoms with van der Waals surface area (Å²) in [5.41, 5.74) is 1.23. The quantitative estimate of drug-likeness (QED) is 0.393. The molecule has 3 aromatic rings. The number of nitrogens with one attached hydrogen (secondary N) is 2. The minimum absolute atomic E-state index is 0.165. The number of unbranched alkanes of at least 4 members (excludes halogenated alkanes) is 1. The maximum atomic E-state index is 12.4. The summed E-state index contributed by atoms with van der Waals surface area (Å²) in [6, 6.07) is 12.6. The van der Waals surface area contributed by atoms with Gasteiger partial charge in [-0.15, -0.1) is 10.2 Å². The van der Waals surface area contributed by atoms with Crippen molar-refractivity contribution in [3.63, 3.8) is 0 Å². The fourth-order valence-corrected chi connectivity index (χ4v) is 3.90. The molecule has 1 aromatic carbocycles. The number of methoxy groups -OCH3 is 1. The summed E-state index contributed by atoms with van der Waals surface area (Å²) < 4.78 is 6.51. The summed E-state index contributed by atoms with van der Waals surface area (Å²) in [5, 5.41) is 14.6. The predicted molar refractivity (Wildman–Crippen MR) is 127 cm³/mol. The first-order valence-corrected chi connectivity index (χ1v) is 11.5. The van der Waals surface area contributed by atoms with Crippen LogP contribution in [0.5, 0.6) is 0 Å².